The molecule has 1 heterocycles. The lowest BCUT2D eigenvalue weighted by Crippen LogP contribution is -2.43. The first-order valence-corrected chi connectivity index (χ1v) is 7.89. The maximum Gasteiger partial charge on any atom is 0.227 e. The topological polar surface area (TPSA) is 29.5 Å². The largest absolute Gasteiger partial charge is 0.370 e. The smallest absolute Gasteiger partial charge is 0.227 e. The Morgan fingerprint density at radius 1 is 1.22 bits per heavy atom. The quantitative estimate of drug-likeness (QED) is 0.858. The number of benzene rings is 2. The van der Waals surface area contributed by atoms with E-state index in [1.165, 1.54) is 12.1 Å². The molecule has 3 nitrogen and oxygen atoms in total. The first kappa shape index (κ1) is 16.0. The predicted octanol–water partition coefficient (Wildman–Crippen LogP) is 3.62. The van der Waals surface area contributed by atoms with Crippen LogP contribution in [-0.2, 0) is 16.0 Å². The van der Waals surface area contributed by atoms with Gasteiger partial charge in [0.05, 0.1) is 19.6 Å². The van der Waals surface area contributed by atoms with Crippen molar-refractivity contribution in [3.05, 3.63) is 70.5 Å². The van der Waals surface area contributed by atoms with E-state index in [1.807, 2.05) is 24.3 Å². The first-order valence-electron chi connectivity index (χ1n) is 7.52. The second-order valence-electron chi connectivity index (χ2n) is 5.52. The van der Waals surface area contributed by atoms with Crippen LogP contribution in [0.3, 0.4) is 0 Å². The van der Waals surface area contributed by atoms with Crippen LogP contribution in [0.25, 0.3) is 0 Å². The molecule has 5 heteroatoms. The number of nitrogens with zero attached hydrogens (tertiary/aromatic N) is 1. The molecule has 1 aliphatic heterocycles. The van der Waals surface area contributed by atoms with E-state index in [9.17, 15) is 9.18 Å². The summed E-state index contributed by atoms with van der Waals surface area (Å²) in [4.78, 5) is 14.2. The number of rotatable bonds is 3. The SMILES string of the molecule is O=C(Cc1ccc(F)cc1)N1CCOC(c2ccccc2Cl)C1. The molecule has 1 atom stereocenters. The molecule has 0 aromatic heterocycles. The second kappa shape index (κ2) is 7.11. The van der Waals surface area contributed by atoms with Gasteiger partial charge in [0.1, 0.15) is 11.9 Å². The van der Waals surface area contributed by atoms with E-state index in [-0.39, 0.29) is 24.2 Å². The summed E-state index contributed by atoms with van der Waals surface area (Å²) in [5.41, 5.74) is 1.70. The molecule has 0 radical (unpaired) electrons. The molecule has 0 bridgehead atoms. The fourth-order valence-electron chi connectivity index (χ4n) is 2.69. The fraction of sp³-hybridized carbons (Fsp3) is 0.278. The molecule has 1 aliphatic rings. The summed E-state index contributed by atoms with van der Waals surface area (Å²) in [6.45, 7) is 1.51. The summed E-state index contributed by atoms with van der Waals surface area (Å²) in [5.74, 6) is -0.289. The van der Waals surface area contributed by atoms with E-state index in [1.54, 1.807) is 17.0 Å². The molecule has 3 rings (SSSR count). The Bertz CT molecular complexity index is 690. The summed E-state index contributed by atoms with van der Waals surface area (Å²) in [6, 6.07) is 13.5. The van der Waals surface area contributed by atoms with Gasteiger partial charge in [-0.15, -0.1) is 0 Å². The molecule has 23 heavy (non-hydrogen) atoms. The van der Waals surface area contributed by atoms with Crippen LogP contribution in [0.5, 0.6) is 0 Å². The van der Waals surface area contributed by atoms with Crippen LogP contribution in [0, 0.1) is 5.82 Å². The Hall–Kier alpha value is -1.91. The highest BCUT2D eigenvalue weighted by atomic mass is 35.5. The van der Waals surface area contributed by atoms with E-state index in [0.717, 1.165) is 11.1 Å². The van der Waals surface area contributed by atoms with Gasteiger partial charge in [0.2, 0.25) is 5.91 Å². The summed E-state index contributed by atoms with van der Waals surface area (Å²) in [6.07, 6.45) is 0.0461. The highest BCUT2D eigenvalue weighted by Gasteiger charge is 2.26. The molecule has 1 saturated heterocycles. The standard InChI is InChI=1S/C18H17ClFNO2/c19-16-4-2-1-3-15(16)17-12-21(9-10-23-17)18(22)11-13-5-7-14(20)8-6-13/h1-8,17H,9-12H2. The van der Waals surface area contributed by atoms with Crippen LogP contribution in [0.15, 0.2) is 48.5 Å². The van der Waals surface area contributed by atoms with Crippen LogP contribution in [0.4, 0.5) is 4.39 Å². The molecule has 0 saturated carbocycles. The van der Waals surface area contributed by atoms with Crippen LogP contribution in [0.1, 0.15) is 17.2 Å². The molecule has 1 fully saturated rings. The van der Waals surface area contributed by atoms with Crippen LogP contribution < -0.4 is 0 Å². The van der Waals surface area contributed by atoms with Crippen LogP contribution in [0.2, 0.25) is 5.02 Å². The zero-order chi connectivity index (χ0) is 16.2. The fourth-order valence-corrected chi connectivity index (χ4v) is 2.95. The van der Waals surface area contributed by atoms with Gasteiger partial charge in [0.15, 0.2) is 0 Å². The van der Waals surface area contributed by atoms with Crippen molar-refractivity contribution < 1.29 is 13.9 Å². The molecule has 2 aromatic rings. The third-order valence-corrected chi connectivity index (χ3v) is 4.28. The number of hydrogen-bond donors (Lipinski definition) is 0. The van der Waals surface area contributed by atoms with E-state index < -0.39 is 0 Å². The van der Waals surface area contributed by atoms with Crippen LogP contribution in [-0.4, -0.2) is 30.5 Å². The Balaban J connectivity index is 1.67. The number of morpholine rings is 1. The lowest BCUT2D eigenvalue weighted by Gasteiger charge is -2.33. The number of ether oxygens (including phenoxy) is 1. The zero-order valence-electron chi connectivity index (χ0n) is 12.5. The van der Waals surface area contributed by atoms with Gasteiger partial charge in [-0.25, -0.2) is 4.39 Å². The van der Waals surface area contributed by atoms with Gasteiger partial charge in [-0.1, -0.05) is 41.9 Å². The third-order valence-electron chi connectivity index (χ3n) is 3.94. The normalized spacial score (nSPS) is 18.0. The van der Waals surface area contributed by atoms with Crippen molar-refractivity contribution in [3.8, 4) is 0 Å². The molecule has 0 spiro atoms. The third kappa shape index (κ3) is 3.89. The van der Waals surface area contributed by atoms with Gasteiger partial charge in [-0.3, -0.25) is 4.79 Å². The molecule has 1 amide bonds. The van der Waals surface area contributed by atoms with E-state index in [2.05, 4.69) is 0 Å². The average Bonchev–Trinajstić information content (AvgIpc) is 2.57. The zero-order valence-corrected chi connectivity index (χ0v) is 13.3. The van der Waals surface area contributed by atoms with Gasteiger partial charge in [0.25, 0.3) is 0 Å². The van der Waals surface area contributed by atoms with Crippen molar-refractivity contribution in [2.24, 2.45) is 0 Å². The lowest BCUT2D eigenvalue weighted by atomic mass is 10.1. The molecular formula is C18H17ClFNO2. The van der Waals surface area contributed by atoms with Crippen molar-refractivity contribution in [2.75, 3.05) is 19.7 Å². The summed E-state index contributed by atoms with van der Waals surface area (Å²) < 4.78 is 18.7. The Kier molecular flexibility index (Phi) is 4.94. The van der Waals surface area contributed by atoms with E-state index >= 15 is 0 Å². The molecule has 2 aromatic carbocycles. The van der Waals surface area contributed by atoms with Crippen molar-refractivity contribution in [2.45, 2.75) is 12.5 Å². The van der Waals surface area contributed by atoms with Crippen molar-refractivity contribution in [3.63, 3.8) is 0 Å². The summed E-state index contributed by atoms with van der Waals surface area (Å²) >= 11 is 6.21. The van der Waals surface area contributed by atoms with Gasteiger partial charge in [-0.2, -0.15) is 0 Å². The molecule has 120 valence electrons. The van der Waals surface area contributed by atoms with Gasteiger partial charge in [0, 0.05) is 17.1 Å². The summed E-state index contributed by atoms with van der Waals surface area (Å²) in [7, 11) is 0. The number of carbonyl (C=O) groups excluding carboxylic acids is 1. The molecule has 1 unspecified atom stereocenters. The molecule has 0 N–H and O–H groups in total. The van der Waals surface area contributed by atoms with E-state index in [0.29, 0.717) is 24.7 Å². The first-order chi connectivity index (χ1) is 11.1. The average molecular weight is 334 g/mol. The number of hydrogen-bond acceptors (Lipinski definition) is 2. The minimum absolute atomic E-state index is 0.0111. The van der Waals surface area contributed by atoms with Crippen molar-refractivity contribution >= 4 is 17.5 Å². The van der Waals surface area contributed by atoms with Crippen LogP contribution >= 0.6 is 11.6 Å². The minimum Gasteiger partial charge on any atom is -0.370 e. The summed E-state index contributed by atoms with van der Waals surface area (Å²) in [5, 5.41) is 0.644. The Morgan fingerprint density at radius 2 is 1.96 bits per heavy atom. The Morgan fingerprint density at radius 3 is 2.70 bits per heavy atom. The molecular weight excluding hydrogens is 317 g/mol. The Labute approximate surface area is 139 Å². The predicted molar refractivity (Wildman–Crippen MR) is 86.8 cm³/mol. The second-order valence-corrected chi connectivity index (χ2v) is 5.93. The number of carbonyl (C=O) groups is 1. The number of amides is 1. The maximum atomic E-state index is 12.9. The highest BCUT2D eigenvalue weighted by Crippen LogP contribution is 2.28. The number of halogens is 2. The van der Waals surface area contributed by atoms with Crippen molar-refractivity contribution in [1.82, 2.24) is 4.90 Å². The van der Waals surface area contributed by atoms with E-state index in [4.69, 9.17) is 16.3 Å². The lowest BCUT2D eigenvalue weighted by molar-refractivity contribution is -0.138. The maximum absolute atomic E-state index is 12.9. The van der Waals surface area contributed by atoms with Gasteiger partial charge < -0.3 is 9.64 Å². The van der Waals surface area contributed by atoms with Crippen molar-refractivity contribution in [1.29, 1.82) is 0 Å². The highest BCUT2D eigenvalue weighted by molar-refractivity contribution is 6.31. The minimum atomic E-state index is -0.300. The van der Waals surface area contributed by atoms with Gasteiger partial charge >= 0.3 is 0 Å². The molecule has 0 aliphatic carbocycles. The monoisotopic (exact) mass is 333 g/mol. The van der Waals surface area contributed by atoms with Gasteiger partial charge in [-0.05, 0) is 23.8 Å².